The Hall–Kier alpha value is -3.17. The Kier molecular flexibility index (Phi) is 4.84. The first-order valence-corrected chi connectivity index (χ1v) is 9.26. The lowest BCUT2D eigenvalue weighted by atomic mass is 10.1. The molecule has 0 atom stereocenters. The van der Waals surface area contributed by atoms with E-state index in [1.807, 2.05) is 54.6 Å². The molecule has 0 spiro atoms. The molecule has 0 aromatic heterocycles. The molecule has 4 rings (SSSR count). The normalized spacial score (nSPS) is 15.2. The van der Waals surface area contributed by atoms with Crippen molar-refractivity contribution >= 4 is 35.0 Å². The predicted molar refractivity (Wildman–Crippen MR) is 112 cm³/mol. The van der Waals surface area contributed by atoms with Gasteiger partial charge < -0.3 is 0 Å². The largest absolute Gasteiger partial charge is 0.276 e. The number of carbonyl (C=O) groups excluding carboxylic acids is 1. The van der Waals surface area contributed by atoms with E-state index in [4.69, 9.17) is 11.6 Å². The zero-order valence-electron chi connectivity index (χ0n) is 15.2. The van der Waals surface area contributed by atoms with Crippen LogP contribution in [0.15, 0.2) is 84.4 Å². The van der Waals surface area contributed by atoms with Crippen LogP contribution >= 0.6 is 11.6 Å². The minimum Gasteiger partial charge on any atom is -0.276 e. The maximum absolute atomic E-state index is 13.8. The van der Waals surface area contributed by atoms with Crippen LogP contribution in [-0.2, 0) is 4.79 Å². The van der Waals surface area contributed by atoms with Crippen LogP contribution in [0.3, 0.4) is 0 Å². The quantitative estimate of drug-likeness (QED) is 0.484. The Morgan fingerprint density at radius 3 is 2.36 bits per heavy atom. The lowest BCUT2D eigenvalue weighted by Gasteiger charge is -2.21. The van der Waals surface area contributed by atoms with Gasteiger partial charge in [-0.1, -0.05) is 54.1 Å². The summed E-state index contributed by atoms with van der Waals surface area (Å²) in [4.78, 5) is 14.9. The Morgan fingerprint density at radius 2 is 1.68 bits per heavy atom. The van der Waals surface area contributed by atoms with E-state index in [0.717, 1.165) is 16.8 Å². The number of carbonyl (C=O) groups is 1. The van der Waals surface area contributed by atoms with E-state index >= 15 is 0 Å². The summed E-state index contributed by atoms with van der Waals surface area (Å²) in [6, 6.07) is 21.7. The molecular weight excluding hydrogens is 373 g/mol. The second-order valence-electron chi connectivity index (χ2n) is 6.62. The minimum absolute atomic E-state index is 0.153. The topological polar surface area (TPSA) is 20.3 Å². The molecule has 0 saturated heterocycles. The van der Waals surface area contributed by atoms with Gasteiger partial charge in [0.2, 0.25) is 0 Å². The molecule has 1 amide bonds. The summed E-state index contributed by atoms with van der Waals surface area (Å²) in [5.74, 6) is -0.452. The van der Waals surface area contributed by atoms with Gasteiger partial charge in [0, 0.05) is 16.3 Å². The third-order valence-corrected chi connectivity index (χ3v) is 4.90. The smallest absolute Gasteiger partial charge is 0.262 e. The molecule has 0 N–H and O–H groups in total. The van der Waals surface area contributed by atoms with Crippen LogP contribution in [0.2, 0.25) is 5.02 Å². The van der Waals surface area contributed by atoms with Crippen molar-refractivity contribution in [3.8, 4) is 0 Å². The maximum atomic E-state index is 13.8. The van der Waals surface area contributed by atoms with Gasteiger partial charge in [0.05, 0.1) is 5.70 Å². The number of nitrogens with zero attached hydrogens (tertiary/aromatic N) is 1. The summed E-state index contributed by atoms with van der Waals surface area (Å²) in [6.07, 6.45) is 3.71. The van der Waals surface area contributed by atoms with Gasteiger partial charge in [-0.2, -0.15) is 0 Å². The van der Waals surface area contributed by atoms with Crippen molar-refractivity contribution in [3.63, 3.8) is 0 Å². The molecule has 0 aliphatic carbocycles. The molecule has 3 aromatic rings. The van der Waals surface area contributed by atoms with Crippen LogP contribution in [0.1, 0.15) is 16.7 Å². The summed E-state index contributed by atoms with van der Waals surface area (Å²) < 4.78 is 13.8. The number of hydrogen-bond acceptors (Lipinski definition) is 1. The summed E-state index contributed by atoms with van der Waals surface area (Å²) in [7, 11) is 0. The van der Waals surface area contributed by atoms with Crippen molar-refractivity contribution in [2.75, 3.05) is 4.90 Å². The van der Waals surface area contributed by atoms with Crippen LogP contribution < -0.4 is 4.90 Å². The first-order chi connectivity index (χ1) is 13.5. The van der Waals surface area contributed by atoms with Crippen LogP contribution in [0.4, 0.5) is 10.1 Å². The van der Waals surface area contributed by atoms with Crippen LogP contribution in [0.5, 0.6) is 0 Å². The van der Waals surface area contributed by atoms with E-state index < -0.39 is 0 Å². The van der Waals surface area contributed by atoms with E-state index in [0.29, 0.717) is 21.8 Å². The van der Waals surface area contributed by atoms with E-state index in [2.05, 4.69) is 0 Å². The van der Waals surface area contributed by atoms with Crippen molar-refractivity contribution in [2.45, 2.75) is 6.92 Å². The van der Waals surface area contributed by atoms with Gasteiger partial charge in [0.15, 0.2) is 0 Å². The zero-order chi connectivity index (χ0) is 19.7. The van der Waals surface area contributed by atoms with Crippen LogP contribution in [-0.4, -0.2) is 5.91 Å². The Morgan fingerprint density at radius 1 is 0.964 bits per heavy atom. The number of halogens is 2. The Balaban J connectivity index is 1.84. The predicted octanol–water partition coefficient (Wildman–Crippen LogP) is 6.26. The second kappa shape index (κ2) is 7.45. The zero-order valence-corrected chi connectivity index (χ0v) is 16.0. The molecule has 0 unspecified atom stereocenters. The highest BCUT2D eigenvalue weighted by Crippen LogP contribution is 2.36. The summed E-state index contributed by atoms with van der Waals surface area (Å²) in [5.41, 5.74) is 4.21. The first-order valence-electron chi connectivity index (χ1n) is 8.88. The van der Waals surface area contributed by atoms with Gasteiger partial charge in [0.1, 0.15) is 5.82 Å². The molecule has 1 aliphatic heterocycles. The van der Waals surface area contributed by atoms with Crippen molar-refractivity contribution < 1.29 is 9.18 Å². The van der Waals surface area contributed by atoms with Crippen molar-refractivity contribution in [3.05, 3.63) is 112 Å². The fourth-order valence-corrected chi connectivity index (χ4v) is 3.33. The average Bonchev–Trinajstić information content (AvgIpc) is 3.02. The van der Waals surface area contributed by atoms with Crippen LogP contribution in [0, 0.1) is 12.7 Å². The van der Waals surface area contributed by atoms with Gasteiger partial charge in [-0.05, 0) is 66.1 Å². The molecule has 1 aliphatic rings. The van der Waals surface area contributed by atoms with Crippen LogP contribution in [0.25, 0.3) is 11.8 Å². The standard InChI is InChI=1S/C24H17ClFNO/c1-16-13-21(11-12-22(16)26)27-23(18-7-9-20(25)10-8-18)15-19(24(27)28)14-17-5-3-2-4-6-17/h2-15H,1H3/b19-14+. The van der Waals surface area contributed by atoms with Crippen molar-refractivity contribution in [2.24, 2.45) is 0 Å². The molecule has 3 aromatic carbocycles. The van der Waals surface area contributed by atoms with E-state index in [-0.39, 0.29) is 11.7 Å². The lowest BCUT2D eigenvalue weighted by Crippen LogP contribution is -2.25. The molecule has 0 radical (unpaired) electrons. The third kappa shape index (κ3) is 3.49. The molecular formula is C24H17ClFNO. The Labute approximate surface area is 168 Å². The molecule has 0 saturated carbocycles. The number of rotatable bonds is 3. The highest BCUT2D eigenvalue weighted by Gasteiger charge is 2.30. The second-order valence-corrected chi connectivity index (χ2v) is 7.06. The maximum Gasteiger partial charge on any atom is 0.262 e. The van der Waals surface area contributed by atoms with Gasteiger partial charge in [-0.3, -0.25) is 9.69 Å². The van der Waals surface area contributed by atoms with E-state index in [9.17, 15) is 9.18 Å². The molecule has 0 bridgehead atoms. The minimum atomic E-state index is -0.299. The third-order valence-electron chi connectivity index (χ3n) is 4.64. The average molecular weight is 390 g/mol. The van der Waals surface area contributed by atoms with E-state index in [1.165, 1.54) is 6.07 Å². The van der Waals surface area contributed by atoms with Crippen molar-refractivity contribution in [1.29, 1.82) is 0 Å². The molecule has 1 heterocycles. The van der Waals surface area contributed by atoms with Gasteiger partial charge in [0.25, 0.3) is 5.91 Å². The fourth-order valence-electron chi connectivity index (χ4n) is 3.20. The number of aryl methyl sites for hydroxylation is 1. The van der Waals surface area contributed by atoms with Gasteiger partial charge in [-0.25, -0.2) is 4.39 Å². The molecule has 138 valence electrons. The monoisotopic (exact) mass is 389 g/mol. The van der Waals surface area contributed by atoms with Gasteiger partial charge in [-0.15, -0.1) is 0 Å². The lowest BCUT2D eigenvalue weighted by molar-refractivity contribution is -0.113. The number of amides is 1. The van der Waals surface area contributed by atoms with Crippen molar-refractivity contribution in [1.82, 2.24) is 0 Å². The van der Waals surface area contributed by atoms with Gasteiger partial charge >= 0.3 is 0 Å². The molecule has 4 heteroatoms. The molecule has 28 heavy (non-hydrogen) atoms. The SMILES string of the molecule is Cc1cc(N2C(=O)/C(=C/c3ccccc3)C=C2c2ccc(Cl)cc2)ccc1F. The first kappa shape index (κ1) is 18.2. The summed E-state index contributed by atoms with van der Waals surface area (Å²) in [5, 5.41) is 0.623. The highest BCUT2D eigenvalue weighted by molar-refractivity contribution is 6.30. The highest BCUT2D eigenvalue weighted by atomic mass is 35.5. The summed E-state index contributed by atoms with van der Waals surface area (Å²) >= 11 is 6.02. The molecule has 0 fully saturated rings. The number of benzene rings is 3. The summed E-state index contributed by atoms with van der Waals surface area (Å²) in [6.45, 7) is 1.69. The fraction of sp³-hybridized carbons (Fsp3) is 0.0417. The number of anilines is 1. The van der Waals surface area contributed by atoms with E-state index in [1.54, 1.807) is 36.1 Å². The number of hydrogen-bond donors (Lipinski definition) is 0. The Bertz CT molecular complexity index is 1100. The molecule has 2 nitrogen and oxygen atoms in total.